The molecule has 15 heavy (non-hydrogen) atoms. The van der Waals surface area contributed by atoms with Crippen LogP contribution in [0.25, 0.3) is 0 Å². The Hall–Kier alpha value is 0.160. The van der Waals surface area contributed by atoms with Gasteiger partial charge in [-0.2, -0.15) is 0 Å². The van der Waals surface area contributed by atoms with Gasteiger partial charge in [0.25, 0.3) is 0 Å². The number of hydrogen-bond acceptors (Lipinski definition) is 3. The first-order chi connectivity index (χ1) is 7.14. The van der Waals surface area contributed by atoms with Gasteiger partial charge in [0.2, 0.25) is 10.0 Å². The van der Waals surface area contributed by atoms with E-state index in [2.05, 4.69) is 4.72 Å². The van der Waals surface area contributed by atoms with Gasteiger partial charge in [-0.3, -0.25) is 0 Å². The second kappa shape index (κ2) is 6.68. The summed E-state index contributed by atoms with van der Waals surface area (Å²) in [6, 6.07) is 0. The first kappa shape index (κ1) is 13.2. The largest absolute Gasteiger partial charge is 0.381 e. The monoisotopic (exact) mass is 255 g/mol. The van der Waals surface area contributed by atoms with Crippen molar-refractivity contribution in [2.24, 2.45) is 5.92 Å². The Labute approximate surface area is 96.4 Å². The van der Waals surface area contributed by atoms with Gasteiger partial charge < -0.3 is 4.74 Å². The molecule has 6 heteroatoms. The first-order valence-corrected chi connectivity index (χ1v) is 7.44. The number of ether oxygens (including phenoxy) is 1. The third-order valence-corrected chi connectivity index (χ3v) is 4.09. The predicted molar refractivity (Wildman–Crippen MR) is 60.7 cm³/mol. The highest BCUT2D eigenvalue weighted by Gasteiger charge is 2.17. The summed E-state index contributed by atoms with van der Waals surface area (Å²) in [7, 11) is -3.13. The molecule has 1 unspecified atom stereocenters. The van der Waals surface area contributed by atoms with Crippen LogP contribution in [0, 0.1) is 5.92 Å². The SMILES string of the molecule is O=S(=O)(CCCCl)NCC1CCCOC1. The van der Waals surface area contributed by atoms with Crippen LogP contribution in [0.15, 0.2) is 0 Å². The van der Waals surface area contributed by atoms with Crippen molar-refractivity contribution < 1.29 is 13.2 Å². The fourth-order valence-corrected chi connectivity index (χ4v) is 2.98. The smallest absolute Gasteiger partial charge is 0.211 e. The lowest BCUT2D eigenvalue weighted by Crippen LogP contribution is -2.34. The van der Waals surface area contributed by atoms with Gasteiger partial charge in [0, 0.05) is 19.0 Å². The molecule has 0 aliphatic carbocycles. The lowest BCUT2D eigenvalue weighted by atomic mass is 10.0. The Bertz CT molecular complexity index is 263. The highest BCUT2D eigenvalue weighted by Crippen LogP contribution is 2.12. The molecule has 90 valence electrons. The number of rotatable bonds is 6. The number of nitrogens with one attached hydrogen (secondary N) is 1. The number of halogens is 1. The molecule has 1 atom stereocenters. The molecule has 0 amide bonds. The van der Waals surface area contributed by atoms with Crippen molar-refractivity contribution in [1.82, 2.24) is 4.72 Å². The van der Waals surface area contributed by atoms with Crippen LogP contribution in [0.5, 0.6) is 0 Å². The zero-order valence-electron chi connectivity index (χ0n) is 8.75. The number of hydrogen-bond donors (Lipinski definition) is 1. The molecule has 0 aromatic rings. The highest BCUT2D eigenvalue weighted by atomic mass is 35.5. The Morgan fingerprint density at radius 3 is 2.87 bits per heavy atom. The minimum Gasteiger partial charge on any atom is -0.381 e. The summed E-state index contributed by atoms with van der Waals surface area (Å²) in [6.45, 7) is 1.96. The molecule has 0 radical (unpaired) electrons. The fourth-order valence-electron chi connectivity index (χ4n) is 1.53. The van der Waals surface area contributed by atoms with Crippen LogP contribution in [0.1, 0.15) is 19.3 Å². The van der Waals surface area contributed by atoms with Crippen molar-refractivity contribution in [1.29, 1.82) is 0 Å². The minimum atomic E-state index is -3.13. The lowest BCUT2D eigenvalue weighted by Gasteiger charge is -2.22. The Morgan fingerprint density at radius 2 is 2.27 bits per heavy atom. The van der Waals surface area contributed by atoms with E-state index in [1.807, 2.05) is 0 Å². The van der Waals surface area contributed by atoms with E-state index < -0.39 is 10.0 Å². The van der Waals surface area contributed by atoms with Gasteiger partial charge >= 0.3 is 0 Å². The third-order valence-electron chi connectivity index (χ3n) is 2.39. The molecule has 1 heterocycles. The quantitative estimate of drug-likeness (QED) is 0.720. The molecule has 1 fully saturated rings. The van der Waals surface area contributed by atoms with Crippen molar-refractivity contribution in [3.05, 3.63) is 0 Å². The van der Waals surface area contributed by atoms with Crippen molar-refractivity contribution in [3.63, 3.8) is 0 Å². The summed E-state index contributed by atoms with van der Waals surface area (Å²) in [5.41, 5.74) is 0. The molecule has 1 aliphatic rings. The summed E-state index contributed by atoms with van der Waals surface area (Å²) in [5, 5.41) is 0. The van der Waals surface area contributed by atoms with Gasteiger partial charge in [-0.25, -0.2) is 13.1 Å². The van der Waals surface area contributed by atoms with Crippen LogP contribution in [0.3, 0.4) is 0 Å². The first-order valence-electron chi connectivity index (χ1n) is 5.25. The molecule has 0 aromatic heterocycles. The number of sulfonamides is 1. The van der Waals surface area contributed by atoms with Crippen molar-refractivity contribution in [3.8, 4) is 0 Å². The van der Waals surface area contributed by atoms with E-state index in [1.54, 1.807) is 0 Å². The lowest BCUT2D eigenvalue weighted by molar-refractivity contribution is 0.0568. The van der Waals surface area contributed by atoms with Crippen LogP contribution < -0.4 is 4.72 Å². The molecule has 1 saturated heterocycles. The van der Waals surface area contributed by atoms with Crippen LogP contribution in [-0.4, -0.2) is 39.8 Å². The van der Waals surface area contributed by atoms with E-state index in [0.29, 0.717) is 31.4 Å². The zero-order chi connectivity index (χ0) is 11.1. The van der Waals surface area contributed by atoms with Crippen LogP contribution in [-0.2, 0) is 14.8 Å². The van der Waals surface area contributed by atoms with Crippen LogP contribution >= 0.6 is 11.6 Å². The van der Waals surface area contributed by atoms with Crippen molar-refractivity contribution in [2.45, 2.75) is 19.3 Å². The van der Waals surface area contributed by atoms with Crippen LogP contribution in [0.4, 0.5) is 0 Å². The van der Waals surface area contributed by atoms with Gasteiger partial charge in [0.1, 0.15) is 0 Å². The predicted octanol–water partition coefficient (Wildman–Crippen LogP) is 0.961. The average molecular weight is 256 g/mol. The highest BCUT2D eigenvalue weighted by molar-refractivity contribution is 7.89. The molecular weight excluding hydrogens is 238 g/mol. The fraction of sp³-hybridized carbons (Fsp3) is 1.00. The molecule has 0 spiro atoms. The summed E-state index contributed by atoms with van der Waals surface area (Å²) < 4.78 is 30.7. The molecular formula is C9H18ClNO3S. The minimum absolute atomic E-state index is 0.115. The van der Waals surface area contributed by atoms with E-state index in [4.69, 9.17) is 16.3 Å². The summed E-state index contributed by atoms with van der Waals surface area (Å²) in [5.74, 6) is 0.821. The maximum atomic E-state index is 11.4. The second-order valence-corrected chi connectivity index (χ2v) is 6.10. The molecule has 4 nitrogen and oxygen atoms in total. The van der Waals surface area contributed by atoms with Gasteiger partial charge in [-0.1, -0.05) is 0 Å². The Balaban J connectivity index is 2.22. The second-order valence-electron chi connectivity index (χ2n) is 3.79. The van der Waals surface area contributed by atoms with Crippen molar-refractivity contribution >= 4 is 21.6 Å². The summed E-state index contributed by atoms with van der Waals surface area (Å²) in [4.78, 5) is 0. The maximum Gasteiger partial charge on any atom is 0.211 e. The van der Waals surface area contributed by atoms with E-state index in [0.717, 1.165) is 19.4 Å². The molecule has 1 N–H and O–H groups in total. The normalized spacial score (nSPS) is 22.9. The molecule has 1 rings (SSSR count). The molecule has 0 aromatic carbocycles. The third kappa shape index (κ3) is 5.70. The van der Waals surface area contributed by atoms with Gasteiger partial charge in [0.05, 0.1) is 12.4 Å². The van der Waals surface area contributed by atoms with E-state index in [9.17, 15) is 8.42 Å². The van der Waals surface area contributed by atoms with Gasteiger partial charge in [-0.05, 0) is 25.2 Å². The maximum absolute atomic E-state index is 11.4. The average Bonchev–Trinajstić information content (AvgIpc) is 2.25. The summed E-state index contributed by atoms with van der Waals surface area (Å²) in [6.07, 6.45) is 2.56. The molecule has 0 saturated carbocycles. The number of alkyl halides is 1. The van der Waals surface area contributed by atoms with E-state index in [-0.39, 0.29) is 5.75 Å². The van der Waals surface area contributed by atoms with E-state index >= 15 is 0 Å². The topological polar surface area (TPSA) is 55.4 Å². The molecule has 0 bridgehead atoms. The van der Waals surface area contributed by atoms with Gasteiger partial charge in [-0.15, -0.1) is 11.6 Å². The Kier molecular flexibility index (Phi) is 5.89. The van der Waals surface area contributed by atoms with Crippen LogP contribution in [0.2, 0.25) is 0 Å². The summed E-state index contributed by atoms with van der Waals surface area (Å²) >= 11 is 5.44. The zero-order valence-corrected chi connectivity index (χ0v) is 10.3. The Morgan fingerprint density at radius 1 is 1.47 bits per heavy atom. The van der Waals surface area contributed by atoms with E-state index in [1.165, 1.54) is 0 Å². The molecule has 1 aliphatic heterocycles. The van der Waals surface area contributed by atoms with Gasteiger partial charge in [0.15, 0.2) is 0 Å². The standard InChI is InChI=1S/C9H18ClNO3S/c10-4-2-6-15(12,13)11-7-9-3-1-5-14-8-9/h9,11H,1-8H2. The van der Waals surface area contributed by atoms with Crippen molar-refractivity contribution in [2.75, 3.05) is 31.4 Å².